The number of anilines is 1. The molecular formula is C27H50N6O2. The summed E-state index contributed by atoms with van der Waals surface area (Å²) in [5.74, 6) is 0.838. The van der Waals surface area contributed by atoms with Gasteiger partial charge in [0.15, 0.2) is 5.96 Å². The molecule has 0 aliphatic rings. The highest BCUT2D eigenvalue weighted by Gasteiger charge is 2.05. The van der Waals surface area contributed by atoms with Gasteiger partial charge in [-0.05, 0) is 56.0 Å². The molecule has 7 N–H and O–H groups in total. The molecule has 1 unspecified atom stereocenters. The summed E-state index contributed by atoms with van der Waals surface area (Å²) in [6.45, 7) is 18.2. The lowest BCUT2D eigenvalue weighted by Crippen LogP contribution is -2.38. The van der Waals surface area contributed by atoms with Gasteiger partial charge in [-0.3, -0.25) is 9.79 Å². The number of aliphatic hydroxyl groups is 1. The SMILES string of the molecule is C=C=CC(Cc1ccc(NC(=C)CCCNC(=NC)NCCC)cc1)NC=O.CC.CCN.CO. The maximum Gasteiger partial charge on any atom is 0.207 e. The Labute approximate surface area is 213 Å². The standard InChI is InChI=1S/C22H33N5O.C2H7N.C2H6.CH4O/c1-5-8-21(26-17-28)16-19-10-12-20(13-11-19)27-18(3)9-7-15-25-22(23-4)24-14-6-2;1-2-3;2*1-2/h8,10-13,17,21,27H,1,3,6-7,9,14-16H2,2,4H3,(H,26,28)(H2,23,24,25);2-3H2,1H3;1-2H3;2H,1H3. The van der Waals surface area contributed by atoms with E-state index in [0.29, 0.717) is 12.8 Å². The molecule has 0 aliphatic carbocycles. The van der Waals surface area contributed by atoms with E-state index in [2.05, 4.69) is 52.1 Å². The Morgan fingerprint density at radius 2 is 1.74 bits per heavy atom. The van der Waals surface area contributed by atoms with Crippen LogP contribution in [0.2, 0.25) is 0 Å². The van der Waals surface area contributed by atoms with E-state index < -0.39 is 0 Å². The fraction of sp³-hybridized carbons (Fsp3) is 0.519. The minimum Gasteiger partial charge on any atom is -0.400 e. The molecule has 8 nitrogen and oxygen atoms in total. The molecule has 1 rings (SSSR count). The van der Waals surface area contributed by atoms with Crippen LogP contribution in [0, 0.1) is 0 Å². The molecule has 0 radical (unpaired) electrons. The number of nitrogens with two attached hydrogens (primary N) is 1. The van der Waals surface area contributed by atoms with Gasteiger partial charge in [-0.15, -0.1) is 5.73 Å². The van der Waals surface area contributed by atoms with E-state index in [-0.39, 0.29) is 6.04 Å². The third kappa shape index (κ3) is 22.5. The number of guanidine groups is 1. The van der Waals surface area contributed by atoms with Crippen molar-refractivity contribution in [2.45, 2.75) is 59.4 Å². The first-order valence-corrected chi connectivity index (χ1v) is 12.2. The number of hydrogen-bond donors (Lipinski definition) is 6. The summed E-state index contributed by atoms with van der Waals surface area (Å²) in [6, 6.07) is 8.02. The average molecular weight is 491 g/mol. The number of benzene rings is 1. The molecule has 35 heavy (non-hydrogen) atoms. The van der Waals surface area contributed by atoms with E-state index in [1.165, 1.54) is 0 Å². The van der Waals surface area contributed by atoms with Crippen molar-refractivity contribution in [1.82, 2.24) is 16.0 Å². The molecule has 1 aromatic carbocycles. The molecule has 0 spiro atoms. The summed E-state index contributed by atoms with van der Waals surface area (Å²) in [7, 11) is 2.78. The van der Waals surface area contributed by atoms with Gasteiger partial charge in [0.1, 0.15) is 0 Å². The average Bonchev–Trinajstić information content (AvgIpc) is 2.88. The number of nitrogens with one attached hydrogen (secondary N) is 4. The third-order valence-corrected chi connectivity index (χ3v) is 4.05. The van der Waals surface area contributed by atoms with Gasteiger partial charge in [0.2, 0.25) is 6.41 Å². The van der Waals surface area contributed by atoms with Crippen molar-refractivity contribution in [2.75, 3.05) is 39.1 Å². The molecule has 8 heteroatoms. The van der Waals surface area contributed by atoms with Crippen LogP contribution in [0.3, 0.4) is 0 Å². The summed E-state index contributed by atoms with van der Waals surface area (Å²) in [5.41, 5.74) is 10.7. The fourth-order valence-electron chi connectivity index (χ4n) is 2.61. The predicted octanol–water partition coefficient (Wildman–Crippen LogP) is 3.57. The number of nitrogens with zero attached hydrogens (tertiary/aromatic N) is 1. The van der Waals surface area contributed by atoms with Crippen LogP contribution in [0.15, 0.2) is 59.9 Å². The first-order valence-electron chi connectivity index (χ1n) is 12.2. The van der Waals surface area contributed by atoms with E-state index in [9.17, 15) is 4.79 Å². The Hall–Kier alpha value is -3.06. The molecule has 200 valence electrons. The molecule has 0 bridgehead atoms. The predicted molar refractivity (Wildman–Crippen MR) is 153 cm³/mol. The zero-order valence-corrected chi connectivity index (χ0v) is 22.8. The van der Waals surface area contributed by atoms with Crippen LogP contribution >= 0.6 is 0 Å². The molecule has 1 amide bonds. The van der Waals surface area contributed by atoms with Crippen molar-refractivity contribution in [2.24, 2.45) is 10.7 Å². The summed E-state index contributed by atoms with van der Waals surface area (Å²) >= 11 is 0. The number of aliphatic imine (C=N–C) groups is 1. The topological polar surface area (TPSA) is 124 Å². The van der Waals surface area contributed by atoms with Crippen molar-refractivity contribution >= 4 is 18.1 Å². The molecule has 1 aromatic rings. The van der Waals surface area contributed by atoms with Crippen LogP contribution < -0.4 is 27.0 Å². The van der Waals surface area contributed by atoms with Gasteiger partial charge in [-0.25, -0.2) is 0 Å². The van der Waals surface area contributed by atoms with Crippen LogP contribution in [-0.4, -0.2) is 57.3 Å². The monoisotopic (exact) mass is 490 g/mol. The number of carbonyl (C=O) groups excluding carboxylic acids is 1. The van der Waals surface area contributed by atoms with Crippen molar-refractivity contribution in [1.29, 1.82) is 0 Å². The van der Waals surface area contributed by atoms with Gasteiger partial charge in [-0.1, -0.05) is 53.0 Å². The molecule has 0 aliphatic heterocycles. The second-order valence-electron chi connectivity index (χ2n) is 6.83. The van der Waals surface area contributed by atoms with E-state index >= 15 is 0 Å². The lowest BCUT2D eigenvalue weighted by molar-refractivity contribution is -0.109. The van der Waals surface area contributed by atoms with Crippen molar-refractivity contribution in [3.63, 3.8) is 0 Å². The largest absolute Gasteiger partial charge is 0.400 e. The minimum atomic E-state index is -0.0976. The zero-order chi connectivity index (χ0) is 27.3. The van der Waals surface area contributed by atoms with Crippen molar-refractivity contribution < 1.29 is 9.90 Å². The Morgan fingerprint density at radius 1 is 1.17 bits per heavy atom. The van der Waals surface area contributed by atoms with Crippen LogP contribution in [0.25, 0.3) is 0 Å². The maximum atomic E-state index is 10.7. The Morgan fingerprint density at radius 3 is 2.23 bits per heavy atom. The Kier molecular flexibility index (Phi) is 30.2. The molecule has 0 heterocycles. The van der Waals surface area contributed by atoms with E-state index in [4.69, 9.17) is 10.8 Å². The third-order valence-electron chi connectivity index (χ3n) is 4.05. The molecule has 0 fully saturated rings. The Bertz CT molecular complexity index is 698. The van der Waals surface area contributed by atoms with Gasteiger partial charge in [0.25, 0.3) is 0 Å². The van der Waals surface area contributed by atoms with E-state index in [1.54, 1.807) is 13.1 Å². The van der Waals surface area contributed by atoms with Crippen LogP contribution in [0.5, 0.6) is 0 Å². The first-order chi connectivity index (χ1) is 17.0. The summed E-state index contributed by atoms with van der Waals surface area (Å²) in [5, 5.41) is 19.6. The maximum absolute atomic E-state index is 10.7. The number of hydrogen-bond acceptors (Lipinski definition) is 5. The number of allylic oxidation sites excluding steroid dienone is 1. The van der Waals surface area contributed by atoms with Crippen molar-refractivity contribution in [3.8, 4) is 0 Å². The quantitative estimate of drug-likeness (QED) is 0.0826. The van der Waals surface area contributed by atoms with Gasteiger partial charge >= 0.3 is 0 Å². The van der Waals surface area contributed by atoms with E-state index in [1.807, 2.05) is 45.0 Å². The Balaban J connectivity index is -0.00000132. The molecule has 1 atom stereocenters. The number of rotatable bonds is 13. The summed E-state index contributed by atoms with van der Waals surface area (Å²) in [4.78, 5) is 14.8. The lowest BCUT2D eigenvalue weighted by atomic mass is 10.1. The number of aliphatic hydroxyl groups excluding tert-OH is 1. The summed E-state index contributed by atoms with van der Waals surface area (Å²) < 4.78 is 0. The highest BCUT2D eigenvalue weighted by atomic mass is 16.2. The van der Waals surface area contributed by atoms with Gasteiger partial charge in [0.05, 0.1) is 6.04 Å². The highest BCUT2D eigenvalue weighted by molar-refractivity contribution is 5.79. The van der Waals surface area contributed by atoms with Gasteiger partial charge in [0, 0.05) is 38.6 Å². The van der Waals surface area contributed by atoms with Crippen LogP contribution in [-0.2, 0) is 11.2 Å². The second kappa shape index (κ2) is 29.0. The molecule has 0 saturated heterocycles. The fourth-order valence-corrected chi connectivity index (χ4v) is 2.61. The van der Waals surface area contributed by atoms with Gasteiger partial charge in [-0.2, -0.15) is 0 Å². The van der Waals surface area contributed by atoms with Gasteiger partial charge < -0.3 is 32.1 Å². The zero-order valence-electron chi connectivity index (χ0n) is 22.8. The molecule has 0 saturated carbocycles. The normalized spacial score (nSPS) is 10.2. The summed E-state index contributed by atoms with van der Waals surface area (Å²) in [6.07, 6.45) is 6.05. The second-order valence-corrected chi connectivity index (χ2v) is 6.83. The lowest BCUT2D eigenvalue weighted by Gasteiger charge is -2.14. The van der Waals surface area contributed by atoms with E-state index in [0.717, 1.165) is 68.9 Å². The number of amides is 1. The highest BCUT2D eigenvalue weighted by Crippen LogP contribution is 2.14. The molecular weight excluding hydrogens is 440 g/mol. The van der Waals surface area contributed by atoms with Crippen molar-refractivity contribution in [3.05, 3.63) is 60.5 Å². The minimum absolute atomic E-state index is 0.0976. The number of carbonyl (C=O) groups is 1. The first kappa shape index (κ1) is 36.5. The van der Waals surface area contributed by atoms with Crippen LogP contribution in [0.4, 0.5) is 5.69 Å². The smallest absolute Gasteiger partial charge is 0.207 e. The van der Waals surface area contributed by atoms with Crippen LogP contribution in [0.1, 0.15) is 52.5 Å². The molecule has 0 aromatic heterocycles.